The van der Waals surface area contributed by atoms with E-state index in [0.717, 1.165) is 0 Å². The van der Waals surface area contributed by atoms with Crippen molar-refractivity contribution in [2.75, 3.05) is 0 Å². The molecule has 0 aliphatic heterocycles. The summed E-state index contributed by atoms with van der Waals surface area (Å²) in [4.78, 5) is 0. The SMILES string of the molecule is CCCCCC[Si-](C)C.[Na+]. The van der Waals surface area contributed by atoms with Crippen LogP contribution in [0, 0.1) is 0 Å². The molecular weight excluding hydrogens is 147 g/mol. The molecule has 0 unspecified atom stereocenters. The van der Waals surface area contributed by atoms with Crippen molar-refractivity contribution in [2.45, 2.75) is 51.7 Å². The molecule has 56 valence electrons. The van der Waals surface area contributed by atoms with Crippen molar-refractivity contribution in [3.05, 3.63) is 0 Å². The monoisotopic (exact) mass is 166 g/mol. The number of rotatable bonds is 5. The quantitative estimate of drug-likeness (QED) is 0.408. The van der Waals surface area contributed by atoms with E-state index in [1.165, 1.54) is 31.7 Å². The van der Waals surface area contributed by atoms with Crippen LogP contribution in [0.15, 0.2) is 0 Å². The van der Waals surface area contributed by atoms with Crippen LogP contribution in [0.1, 0.15) is 32.6 Å². The van der Waals surface area contributed by atoms with Crippen LogP contribution in [-0.2, 0) is 0 Å². The maximum absolute atomic E-state index is 2.40. The molecule has 0 N–H and O–H groups in total. The molecule has 0 nitrogen and oxygen atoms in total. The molecule has 0 rings (SSSR count). The molecular formula is C8H19NaSi. The molecule has 0 saturated heterocycles. The second kappa shape index (κ2) is 10.2. The first-order valence-electron chi connectivity index (χ1n) is 4.06. The second-order valence-corrected chi connectivity index (χ2v) is 5.93. The van der Waals surface area contributed by atoms with E-state index in [9.17, 15) is 0 Å². The molecule has 0 spiro atoms. The van der Waals surface area contributed by atoms with Crippen LogP contribution in [0.4, 0.5) is 0 Å². The van der Waals surface area contributed by atoms with Gasteiger partial charge in [-0.25, -0.2) is 0 Å². The molecule has 2 heteroatoms. The average Bonchev–Trinajstić information content (AvgIpc) is 1.80. The van der Waals surface area contributed by atoms with Crippen molar-refractivity contribution >= 4 is 8.80 Å². The Morgan fingerprint density at radius 1 is 1.00 bits per heavy atom. The summed E-state index contributed by atoms with van der Waals surface area (Å²) in [6.45, 7) is 7.07. The predicted molar refractivity (Wildman–Crippen MR) is 46.4 cm³/mol. The summed E-state index contributed by atoms with van der Waals surface area (Å²) in [6, 6.07) is 1.52. The van der Waals surface area contributed by atoms with E-state index in [1.807, 2.05) is 0 Å². The Balaban J connectivity index is 0. The zero-order chi connectivity index (χ0) is 7.11. The van der Waals surface area contributed by atoms with Crippen LogP contribution >= 0.6 is 0 Å². The Kier molecular flexibility index (Phi) is 14.1. The van der Waals surface area contributed by atoms with Crippen molar-refractivity contribution < 1.29 is 29.6 Å². The van der Waals surface area contributed by atoms with Gasteiger partial charge in [-0.2, -0.15) is 19.1 Å². The standard InChI is InChI=1S/C8H19Si.Na/c1-4-5-6-7-8-9(2)3;/h4-8H2,1-3H3;/q-1;+1. The molecule has 0 saturated carbocycles. The van der Waals surface area contributed by atoms with Crippen molar-refractivity contribution in [2.24, 2.45) is 0 Å². The van der Waals surface area contributed by atoms with Crippen LogP contribution in [0.2, 0.25) is 19.1 Å². The van der Waals surface area contributed by atoms with Crippen molar-refractivity contribution in [3.63, 3.8) is 0 Å². The number of hydrogen-bond acceptors (Lipinski definition) is 0. The van der Waals surface area contributed by atoms with Gasteiger partial charge in [-0.3, -0.25) is 8.80 Å². The Labute approximate surface area is 89.7 Å². The summed E-state index contributed by atoms with van der Waals surface area (Å²) < 4.78 is 0. The normalized spacial score (nSPS) is 9.60. The molecule has 0 fully saturated rings. The van der Waals surface area contributed by atoms with E-state index >= 15 is 0 Å². The van der Waals surface area contributed by atoms with Crippen molar-refractivity contribution in [3.8, 4) is 0 Å². The summed E-state index contributed by atoms with van der Waals surface area (Å²) in [5.41, 5.74) is 0. The molecule has 0 aromatic heterocycles. The van der Waals surface area contributed by atoms with Crippen LogP contribution < -0.4 is 29.6 Å². The van der Waals surface area contributed by atoms with Gasteiger partial charge in [0, 0.05) is 0 Å². The largest absolute Gasteiger partial charge is 1.00 e. The summed E-state index contributed by atoms with van der Waals surface area (Å²) in [5, 5.41) is 0. The summed E-state index contributed by atoms with van der Waals surface area (Å²) in [7, 11) is 0.0849. The van der Waals surface area contributed by atoms with E-state index in [4.69, 9.17) is 0 Å². The van der Waals surface area contributed by atoms with Gasteiger partial charge in [-0.05, 0) is 0 Å². The zero-order valence-corrected chi connectivity index (χ0v) is 11.0. The Morgan fingerprint density at radius 3 is 2.00 bits per heavy atom. The fourth-order valence-corrected chi connectivity index (χ4v) is 1.86. The first-order valence-corrected chi connectivity index (χ1v) is 6.77. The topological polar surface area (TPSA) is 0 Å². The van der Waals surface area contributed by atoms with Gasteiger partial charge in [-0.15, -0.1) is 0 Å². The van der Waals surface area contributed by atoms with E-state index in [1.54, 1.807) is 0 Å². The molecule has 0 aliphatic carbocycles. The van der Waals surface area contributed by atoms with E-state index in [-0.39, 0.29) is 38.4 Å². The smallest absolute Gasteiger partial charge is 0.267 e. The van der Waals surface area contributed by atoms with E-state index in [0.29, 0.717) is 0 Å². The molecule has 0 aliphatic rings. The van der Waals surface area contributed by atoms with Gasteiger partial charge in [0.1, 0.15) is 0 Å². The molecule has 0 bridgehead atoms. The molecule has 0 aromatic rings. The minimum Gasteiger partial charge on any atom is -0.267 e. The Bertz CT molecular complexity index is 55.2. The number of hydrogen-bond donors (Lipinski definition) is 0. The first-order chi connectivity index (χ1) is 4.27. The van der Waals surface area contributed by atoms with Gasteiger partial charge in [-0.1, -0.05) is 32.6 Å². The van der Waals surface area contributed by atoms with Crippen molar-refractivity contribution in [1.82, 2.24) is 0 Å². The van der Waals surface area contributed by atoms with E-state index < -0.39 is 0 Å². The van der Waals surface area contributed by atoms with Crippen LogP contribution in [-0.4, -0.2) is 8.80 Å². The van der Waals surface area contributed by atoms with Gasteiger partial charge in [0.2, 0.25) is 0 Å². The van der Waals surface area contributed by atoms with Gasteiger partial charge in [0.25, 0.3) is 0 Å². The van der Waals surface area contributed by atoms with Crippen molar-refractivity contribution in [1.29, 1.82) is 0 Å². The van der Waals surface area contributed by atoms with Gasteiger partial charge < -0.3 is 0 Å². The summed E-state index contributed by atoms with van der Waals surface area (Å²) >= 11 is 0. The van der Waals surface area contributed by atoms with Crippen LogP contribution in [0.25, 0.3) is 0 Å². The maximum atomic E-state index is 2.40. The third-order valence-corrected chi connectivity index (χ3v) is 2.88. The van der Waals surface area contributed by atoms with E-state index in [2.05, 4.69) is 20.0 Å². The molecule has 0 amide bonds. The molecule has 0 radical (unpaired) electrons. The van der Waals surface area contributed by atoms with Gasteiger partial charge in [0.05, 0.1) is 0 Å². The summed E-state index contributed by atoms with van der Waals surface area (Å²) in [6.07, 6.45) is 5.76. The fourth-order valence-electron chi connectivity index (χ4n) is 0.905. The number of unbranched alkanes of at least 4 members (excludes halogenated alkanes) is 3. The third-order valence-electron chi connectivity index (χ3n) is 1.53. The molecule has 0 atom stereocenters. The molecule has 0 aromatic carbocycles. The minimum absolute atomic E-state index is 0. The Morgan fingerprint density at radius 2 is 1.60 bits per heavy atom. The van der Waals surface area contributed by atoms with Gasteiger partial charge >= 0.3 is 29.6 Å². The predicted octanol–water partition coefficient (Wildman–Crippen LogP) is 0.325. The third kappa shape index (κ3) is 11.9. The maximum Gasteiger partial charge on any atom is 1.00 e. The van der Waals surface area contributed by atoms with Crippen LogP contribution in [0.3, 0.4) is 0 Å². The first kappa shape index (κ1) is 13.8. The average molecular weight is 166 g/mol. The summed E-state index contributed by atoms with van der Waals surface area (Å²) in [5.74, 6) is 0. The molecule has 0 heterocycles. The van der Waals surface area contributed by atoms with Crippen LogP contribution in [0.5, 0.6) is 0 Å². The fraction of sp³-hybridized carbons (Fsp3) is 1.00. The second-order valence-electron chi connectivity index (χ2n) is 3.02. The minimum atomic E-state index is 0. The molecule has 10 heavy (non-hydrogen) atoms. The van der Waals surface area contributed by atoms with Gasteiger partial charge in [0.15, 0.2) is 0 Å². The zero-order valence-electron chi connectivity index (χ0n) is 8.04. The Hall–Kier alpha value is 1.22.